The van der Waals surface area contributed by atoms with Gasteiger partial charge in [-0.2, -0.15) is 0 Å². The molecule has 4 heteroatoms. The van der Waals surface area contributed by atoms with Crippen LogP contribution in [-0.2, 0) is 9.59 Å². The zero-order valence-electron chi connectivity index (χ0n) is 14.1. The molecule has 4 atom stereocenters. The number of hydrogen-bond donors (Lipinski definition) is 1. The first-order valence-electron chi connectivity index (χ1n) is 8.40. The van der Waals surface area contributed by atoms with Gasteiger partial charge in [0.25, 0.3) is 0 Å². The fourth-order valence-electron chi connectivity index (χ4n) is 3.86. The van der Waals surface area contributed by atoms with E-state index in [4.69, 9.17) is 0 Å². The van der Waals surface area contributed by atoms with Gasteiger partial charge in [-0.05, 0) is 31.1 Å². The smallest absolute Gasteiger partial charge is 0.246 e. The number of carbonyl (C=O) groups excluding carboxylic acids is 2. The minimum absolute atomic E-state index is 0.00467. The van der Waals surface area contributed by atoms with Crippen molar-refractivity contribution >= 4 is 11.8 Å². The Balaban J connectivity index is 2.30. The second-order valence-electron chi connectivity index (χ2n) is 7.75. The topological polar surface area (TPSA) is 49.4 Å². The molecule has 2 fully saturated rings. The average Bonchev–Trinajstić information content (AvgIpc) is 2.42. The fourth-order valence-corrected chi connectivity index (χ4v) is 3.86. The Kier molecular flexibility index (Phi) is 4.64. The maximum Gasteiger partial charge on any atom is 0.246 e. The SMILES string of the molecule is CCC1CCCCC1N1C(=O)C(C(C)(C)C)NC(=O)C1C. The molecule has 1 heterocycles. The van der Waals surface area contributed by atoms with E-state index in [1.54, 1.807) is 0 Å². The summed E-state index contributed by atoms with van der Waals surface area (Å²) < 4.78 is 0. The number of nitrogens with zero attached hydrogens (tertiary/aromatic N) is 1. The minimum Gasteiger partial charge on any atom is -0.342 e. The summed E-state index contributed by atoms with van der Waals surface area (Å²) >= 11 is 0. The molecule has 2 aliphatic rings. The molecule has 1 saturated carbocycles. The molecule has 21 heavy (non-hydrogen) atoms. The van der Waals surface area contributed by atoms with Gasteiger partial charge in [0.05, 0.1) is 0 Å². The van der Waals surface area contributed by atoms with Crippen LogP contribution in [0, 0.1) is 11.3 Å². The number of piperazine rings is 1. The van der Waals surface area contributed by atoms with Crippen molar-refractivity contribution in [2.45, 2.75) is 84.8 Å². The average molecular weight is 294 g/mol. The molecule has 0 aromatic carbocycles. The Hall–Kier alpha value is -1.06. The van der Waals surface area contributed by atoms with Gasteiger partial charge >= 0.3 is 0 Å². The van der Waals surface area contributed by atoms with Crippen LogP contribution < -0.4 is 5.32 Å². The molecule has 2 amide bonds. The normalized spacial score (nSPS) is 34.8. The summed E-state index contributed by atoms with van der Waals surface area (Å²) in [6.45, 7) is 10.1. The molecule has 4 unspecified atom stereocenters. The number of nitrogens with one attached hydrogen (secondary N) is 1. The van der Waals surface area contributed by atoms with E-state index in [1.807, 2.05) is 32.6 Å². The Morgan fingerprint density at radius 3 is 2.38 bits per heavy atom. The summed E-state index contributed by atoms with van der Waals surface area (Å²) in [6.07, 6.45) is 5.72. The summed E-state index contributed by atoms with van der Waals surface area (Å²) in [7, 11) is 0. The Morgan fingerprint density at radius 2 is 1.81 bits per heavy atom. The monoisotopic (exact) mass is 294 g/mol. The van der Waals surface area contributed by atoms with Gasteiger partial charge in [-0.1, -0.05) is 47.0 Å². The van der Waals surface area contributed by atoms with Gasteiger partial charge < -0.3 is 10.2 Å². The van der Waals surface area contributed by atoms with E-state index in [9.17, 15) is 9.59 Å². The highest BCUT2D eigenvalue weighted by Gasteiger charge is 2.47. The van der Waals surface area contributed by atoms with Crippen molar-refractivity contribution in [3.63, 3.8) is 0 Å². The third-order valence-corrected chi connectivity index (χ3v) is 5.20. The van der Waals surface area contributed by atoms with Gasteiger partial charge in [0.1, 0.15) is 12.1 Å². The summed E-state index contributed by atoms with van der Waals surface area (Å²) in [6, 6.07) is -0.504. The number of rotatable bonds is 2. The number of amides is 2. The van der Waals surface area contributed by atoms with E-state index in [0.717, 1.165) is 12.8 Å². The van der Waals surface area contributed by atoms with Crippen molar-refractivity contribution in [1.82, 2.24) is 10.2 Å². The van der Waals surface area contributed by atoms with Crippen LogP contribution in [0.3, 0.4) is 0 Å². The first-order valence-corrected chi connectivity index (χ1v) is 8.40. The zero-order valence-corrected chi connectivity index (χ0v) is 14.1. The lowest BCUT2D eigenvalue weighted by Crippen LogP contribution is -2.68. The first kappa shape index (κ1) is 16.3. The standard InChI is InChI=1S/C17H30N2O2/c1-6-12-9-7-8-10-13(12)19-11(2)15(20)18-14(16(19)21)17(3,4)5/h11-14H,6-10H2,1-5H3,(H,18,20). The maximum absolute atomic E-state index is 13.0. The Bertz CT molecular complexity index is 414. The fraction of sp³-hybridized carbons (Fsp3) is 0.882. The lowest BCUT2D eigenvalue weighted by atomic mass is 9.78. The molecule has 0 aromatic rings. The highest BCUT2D eigenvalue weighted by molar-refractivity contribution is 5.97. The highest BCUT2D eigenvalue weighted by atomic mass is 16.2. The third-order valence-electron chi connectivity index (χ3n) is 5.20. The van der Waals surface area contributed by atoms with E-state index in [0.29, 0.717) is 5.92 Å². The van der Waals surface area contributed by atoms with Crippen LogP contribution in [0.2, 0.25) is 0 Å². The van der Waals surface area contributed by atoms with Crippen LogP contribution in [-0.4, -0.2) is 34.8 Å². The Labute approximate surface area is 128 Å². The van der Waals surface area contributed by atoms with Gasteiger partial charge in [-0.15, -0.1) is 0 Å². The van der Waals surface area contributed by atoms with Crippen LogP contribution in [0.15, 0.2) is 0 Å². The molecule has 1 N–H and O–H groups in total. The lowest BCUT2D eigenvalue weighted by molar-refractivity contribution is -0.156. The van der Waals surface area contributed by atoms with E-state index in [1.165, 1.54) is 19.3 Å². The van der Waals surface area contributed by atoms with E-state index < -0.39 is 6.04 Å². The van der Waals surface area contributed by atoms with Gasteiger partial charge in [0.2, 0.25) is 11.8 Å². The molecule has 0 radical (unpaired) electrons. The highest BCUT2D eigenvalue weighted by Crippen LogP contribution is 2.35. The van der Waals surface area contributed by atoms with E-state index in [-0.39, 0.29) is 29.3 Å². The molecular formula is C17H30N2O2. The Morgan fingerprint density at radius 1 is 1.19 bits per heavy atom. The molecule has 4 nitrogen and oxygen atoms in total. The number of hydrogen-bond acceptors (Lipinski definition) is 2. The molecule has 120 valence electrons. The molecule has 0 spiro atoms. The summed E-state index contributed by atoms with van der Waals surface area (Å²) in [5.41, 5.74) is -0.249. The maximum atomic E-state index is 13.0. The molecule has 1 saturated heterocycles. The molecular weight excluding hydrogens is 264 g/mol. The summed E-state index contributed by atoms with van der Waals surface area (Å²) in [4.78, 5) is 27.3. The van der Waals surface area contributed by atoms with E-state index in [2.05, 4.69) is 12.2 Å². The molecule has 0 aromatic heterocycles. The van der Waals surface area contributed by atoms with E-state index >= 15 is 0 Å². The second-order valence-corrected chi connectivity index (χ2v) is 7.75. The van der Waals surface area contributed by atoms with Crippen molar-refractivity contribution in [3.05, 3.63) is 0 Å². The summed E-state index contributed by atoms with van der Waals surface area (Å²) in [5.74, 6) is 0.645. The third kappa shape index (κ3) is 3.09. The van der Waals surface area contributed by atoms with Crippen LogP contribution in [0.1, 0.15) is 66.7 Å². The van der Waals surface area contributed by atoms with Crippen LogP contribution in [0.4, 0.5) is 0 Å². The van der Waals surface area contributed by atoms with Gasteiger partial charge in [-0.25, -0.2) is 0 Å². The zero-order chi connectivity index (χ0) is 15.8. The van der Waals surface area contributed by atoms with Crippen molar-refractivity contribution in [1.29, 1.82) is 0 Å². The molecule has 1 aliphatic heterocycles. The second kappa shape index (κ2) is 5.98. The van der Waals surface area contributed by atoms with Crippen LogP contribution >= 0.6 is 0 Å². The van der Waals surface area contributed by atoms with Crippen molar-refractivity contribution in [2.24, 2.45) is 11.3 Å². The number of carbonyl (C=O) groups is 2. The predicted octanol–water partition coefficient (Wildman–Crippen LogP) is 2.72. The molecule has 1 aliphatic carbocycles. The minimum atomic E-state index is -0.402. The molecule has 0 bridgehead atoms. The predicted molar refractivity (Wildman–Crippen MR) is 83.7 cm³/mol. The van der Waals surface area contributed by atoms with Crippen molar-refractivity contribution in [3.8, 4) is 0 Å². The van der Waals surface area contributed by atoms with Gasteiger partial charge in [-0.3, -0.25) is 9.59 Å². The van der Waals surface area contributed by atoms with Gasteiger partial charge in [0.15, 0.2) is 0 Å². The van der Waals surface area contributed by atoms with Gasteiger partial charge in [0, 0.05) is 6.04 Å². The van der Waals surface area contributed by atoms with Crippen LogP contribution in [0.5, 0.6) is 0 Å². The molecule has 2 rings (SSSR count). The van der Waals surface area contributed by atoms with Crippen molar-refractivity contribution in [2.75, 3.05) is 0 Å². The van der Waals surface area contributed by atoms with Crippen LogP contribution in [0.25, 0.3) is 0 Å². The summed E-state index contributed by atoms with van der Waals surface area (Å²) in [5, 5.41) is 2.93. The first-order chi connectivity index (χ1) is 9.77. The largest absolute Gasteiger partial charge is 0.342 e. The lowest BCUT2D eigenvalue weighted by Gasteiger charge is -2.48. The quantitative estimate of drug-likeness (QED) is 0.851. The van der Waals surface area contributed by atoms with Crippen molar-refractivity contribution < 1.29 is 9.59 Å².